The first kappa shape index (κ1) is 13.0. The highest BCUT2D eigenvalue weighted by atomic mass is 16.5. The molecule has 0 bridgehead atoms. The minimum Gasteiger partial charge on any atom is -0.486 e. The maximum Gasteiger partial charge on any atom is 0.137 e. The van der Waals surface area contributed by atoms with Crippen LogP contribution in [0.15, 0.2) is 24.3 Å². The Balaban J connectivity index is 2.62. The molecule has 2 atom stereocenters. The molecule has 0 radical (unpaired) electrons. The van der Waals surface area contributed by atoms with Crippen LogP contribution in [0.3, 0.4) is 0 Å². The van der Waals surface area contributed by atoms with Gasteiger partial charge in [-0.2, -0.15) is 0 Å². The van der Waals surface area contributed by atoms with Crippen molar-refractivity contribution in [3.05, 3.63) is 29.8 Å². The van der Waals surface area contributed by atoms with Crippen molar-refractivity contribution in [2.24, 2.45) is 5.73 Å². The van der Waals surface area contributed by atoms with Gasteiger partial charge in [0.15, 0.2) is 0 Å². The monoisotopic (exact) mass is 223 g/mol. The third-order valence-corrected chi connectivity index (χ3v) is 2.56. The number of ether oxygens (including phenoxy) is 1. The predicted octanol–water partition coefficient (Wildman–Crippen LogP) is 1.86. The molecule has 0 saturated heterocycles. The van der Waals surface area contributed by atoms with Gasteiger partial charge in [-0.15, -0.1) is 0 Å². The highest BCUT2D eigenvalue weighted by Crippen LogP contribution is 2.16. The molecule has 0 aromatic heterocycles. The molecule has 1 aromatic carbocycles. The van der Waals surface area contributed by atoms with Gasteiger partial charge in [0, 0.05) is 6.04 Å². The summed E-state index contributed by atoms with van der Waals surface area (Å²) in [4.78, 5) is 0. The Morgan fingerprint density at radius 1 is 1.44 bits per heavy atom. The summed E-state index contributed by atoms with van der Waals surface area (Å²) in [5, 5.41) is 9.25. The van der Waals surface area contributed by atoms with Crippen molar-refractivity contribution in [1.82, 2.24) is 0 Å². The third-order valence-electron chi connectivity index (χ3n) is 2.56. The summed E-state index contributed by atoms with van der Waals surface area (Å²) < 4.78 is 5.68. The zero-order valence-corrected chi connectivity index (χ0v) is 10.0. The fourth-order valence-electron chi connectivity index (χ4n) is 1.64. The second-order valence-corrected chi connectivity index (χ2v) is 4.11. The van der Waals surface area contributed by atoms with E-state index in [1.807, 2.05) is 31.2 Å². The lowest BCUT2D eigenvalue weighted by Crippen LogP contribution is -2.41. The molecular weight excluding hydrogens is 202 g/mol. The van der Waals surface area contributed by atoms with Crippen LogP contribution >= 0.6 is 0 Å². The van der Waals surface area contributed by atoms with Gasteiger partial charge in [-0.25, -0.2) is 0 Å². The highest BCUT2D eigenvalue weighted by molar-refractivity contribution is 5.27. The summed E-state index contributed by atoms with van der Waals surface area (Å²) in [5.74, 6) is 0.769. The first-order valence-corrected chi connectivity index (χ1v) is 5.77. The lowest BCUT2D eigenvalue weighted by molar-refractivity contribution is 0.0916. The summed E-state index contributed by atoms with van der Waals surface area (Å²) in [5.41, 5.74) is 7.08. The molecule has 0 saturated carbocycles. The summed E-state index contributed by atoms with van der Waals surface area (Å²) >= 11 is 0. The van der Waals surface area contributed by atoms with Gasteiger partial charge in [0.05, 0.1) is 6.61 Å². The Morgan fingerprint density at radius 3 is 2.75 bits per heavy atom. The van der Waals surface area contributed by atoms with Crippen LogP contribution in [-0.2, 0) is 0 Å². The van der Waals surface area contributed by atoms with Gasteiger partial charge in [0.2, 0.25) is 0 Å². The van der Waals surface area contributed by atoms with Gasteiger partial charge < -0.3 is 15.6 Å². The van der Waals surface area contributed by atoms with Crippen LogP contribution in [0.1, 0.15) is 25.3 Å². The van der Waals surface area contributed by atoms with Crippen molar-refractivity contribution < 1.29 is 9.84 Å². The molecule has 0 aliphatic rings. The number of benzene rings is 1. The van der Waals surface area contributed by atoms with Crippen LogP contribution in [0, 0.1) is 6.92 Å². The van der Waals surface area contributed by atoms with Crippen LogP contribution in [-0.4, -0.2) is 23.9 Å². The maximum absolute atomic E-state index is 9.25. The van der Waals surface area contributed by atoms with Crippen LogP contribution in [0.25, 0.3) is 0 Å². The fourth-order valence-corrected chi connectivity index (χ4v) is 1.64. The predicted molar refractivity (Wildman–Crippen MR) is 65.6 cm³/mol. The average molecular weight is 223 g/mol. The maximum atomic E-state index is 9.25. The van der Waals surface area contributed by atoms with E-state index in [9.17, 15) is 5.11 Å². The highest BCUT2D eigenvalue weighted by Gasteiger charge is 2.17. The molecule has 16 heavy (non-hydrogen) atoms. The van der Waals surface area contributed by atoms with Crippen molar-refractivity contribution in [1.29, 1.82) is 0 Å². The Bertz CT molecular complexity index is 315. The van der Waals surface area contributed by atoms with E-state index in [1.54, 1.807) is 0 Å². The zero-order valence-electron chi connectivity index (χ0n) is 10.0. The van der Waals surface area contributed by atoms with E-state index >= 15 is 0 Å². The molecule has 0 heterocycles. The number of rotatable bonds is 6. The summed E-state index contributed by atoms with van der Waals surface area (Å²) in [6.07, 6.45) is 1.54. The molecule has 0 spiro atoms. The number of aliphatic hydroxyl groups is 1. The van der Waals surface area contributed by atoms with E-state index in [-0.39, 0.29) is 18.8 Å². The Morgan fingerprint density at radius 2 is 2.19 bits per heavy atom. The lowest BCUT2D eigenvalue weighted by atomic mass is 10.1. The quantitative estimate of drug-likeness (QED) is 0.774. The van der Waals surface area contributed by atoms with Gasteiger partial charge >= 0.3 is 0 Å². The average Bonchev–Trinajstić information content (AvgIpc) is 2.26. The Labute approximate surface area is 97.2 Å². The first-order chi connectivity index (χ1) is 7.67. The van der Waals surface area contributed by atoms with E-state index in [1.165, 1.54) is 0 Å². The van der Waals surface area contributed by atoms with E-state index in [4.69, 9.17) is 10.5 Å². The van der Waals surface area contributed by atoms with Gasteiger partial charge in [0.1, 0.15) is 11.9 Å². The van der Waals surface area contributed by atoms with Crippen molar-refractivity contribution in [2.45, 2.75) is 38.8 Å². The summed E-state index contributed by atoms with van der Waals surface area (Å²) in [6.45, 7) is 4.03. The van der Waals surface area contributed by atoms with E-state index in [2.05, 4.69) is 6.92 Å². The Hall–Kier alpha value is -1.06. The molecule has 0 amide bonds. The van der Waals surface area contributed by atoms with Crippen LogP contribution in [0.5, 0.6) is 5.75 Å². The third kappa shape index (κ3) is 3.83. The molecule has 1 aromatic rings. The second-order valence-electron chi connectivity index (χ2n) is 4.11. The molecule has 0 fully saturated rings. The van der Waals surface area contributed by atoms with Crippen LogP contribution in [0.4, 0.5) is 0 Å². The minimum atomic E-state index is -0.318. The molecule has 0 aliphatic carbocycles. The normalized spacial score (nSPS) is 14.5. The van der Waals surface area contributed by atoms with Crippen molar-refractivity contribution in [2.75, 3.05) is 6.61 Å². The van der Waals surface area contributed by atoms with Crippen molar-refractivity contribution in [3.8, 4) is 5.75 Å². The summed E-state index contributed by atoms with van der Waals surface area (Å²) in [7, 11) is 0. The fraction of sp³-hybridized carbons (Fsp3) is 0.538. The minimum absolute atomic E-state index is 0.0465. The number of hydrogen-bond donors (Lipinski definition) is 2. The topological polar surface area (TPSA) is 55.5 Å². The molecule has 1 rings (SSSR count). The molecular formula is C13H21NO2. The largest absolute Gasteiger partial charge is 0.486 e. The van der Waals surface area contributed by atoms with Gasteiger partial charge in [-0.1, -0.05) is 25.5 Å². The molecule has 3 N–H and O–H groups in total. The number of aliphatic hydroxyl groups excluding tert-OH is 1. The van der Waals surface area contributed by atoms with Crippen molar-refractivity contribution in [3.63, 3.8) is 0 Å². The summed E-state index contributed by atoms with van der Waals surface area (Å²) in [6, 6.07) is 7.66. The van der Waals surface area contributed by atoms with E-state index < -0.39 is 0 Å². The Kier molecular flexibility index (Phi) is 5.29. The van der Waals surface area contributed by atoms with Gasteiger partial charge in [-0.05, 0) is 31.0 Å². The van der Waals surface area contributed by atoms with Crippen molar-refractivity contribution >= 4 is 0 Å². The van der Waals surface area contributed by atoms with Gasteiger partial charge in [-0.3, -0.25) is 0 Å². The standard InChI is InChI=1S/C13H21NO2/c1-3-5-12(14)13(9-15)16-11-7-4-6-10(2)8-11/h4,6-8,12-13,15H,3,5,9,14H2,1-2H3. The SMILES string of the molecule is CCCC(N)C(CO)Oc1cccc(C)c1. The molecule has 3 heteroatoms. The molecule has 90 valence electrons. The number of nitrogens with two attached hydrogens (primary N) is 1. The lowest BCUT2D eigenvalue weighted by Gasteiger charge is -2.23. The zero-order chi connectivity index (χ0) is 12.0. The number of hydrogen-bond acceptors (Lipinski definition) is 3. The van der Waals surface area contributed by atoms with Crippen LogP contribution < -0.4 is 10.5 Å². The molecule has 0 aliphatic heterocycles. The smallest absolute Gasteiger partial charge is 0.137 e. The molecule has 3 nitrogen and oxygen atoms in total. The number of aryl methyl sites for hydroxylation is 1. The molecule has 2 unspecified atom stereocenters. The van der Waals surface area contributed by atoms with E-state index in [0.717, 1.165) is 24.2 Å². The van der Waals surface area contributed by atoms with Gasteiger partial charge in [0.25, 0.3) is 0 Å². The van der Waals surface area contributed by atoms with Crippen LogP contribution in [0.2, 0.25) is 0 Å². The first-order valence-electron chi connectivity index (χ1n) is 5.77. The second kappa shape index (κ2) is 6.51. The van der Waals surface area contributed by atoms with E-state index in [0.29, 0.717) is 0 Å².